The van der Waals surface area contributed by atoms with E-state index in [-0.39, 0.29) is 11.0 Å². The normalized spacial score (nSPS) is 24.4. The van der Waals surface area contributed by atoms with Crippen LogP contribution in [-0.4, -0.2) is 19.7 Å². The molecule has 2 aromatic heterocycles. The fourth-order valence-electron chi connectivity index (χ4n) is 8.81. The molecule has 0 spiro atoms. The van der Waals surface area contributed by atoms with Crippen molar-refractivity contribution in [1.29, 1.82) is 0 Å². The second-order valence-electron chi connectivity index (χ2n) is 13.4. The standard InChI is InChI=1S/C35H40N4O3/c1-3-4-10-31-30(33(40)39(22(2)36-31)21-35-18-24-13-25(19-35)15-26(14-24)20-35)17-23-11-12-28(27-8-6-5-7-9-27)29(16-23)32-37-34(41)42-38-32/h5-9,11-12,16,24-26H,3-4,10,13-15,17-21H2,1-2H3,(H,37,38,41). The van der Waals surface area contributed by atoms with E-state index in [1.165, 1.54) is 38.5 Å². The molecule has 7 nitrogen and oxygen atoms in total. The van der Waals surface area contributed by atoms with E-state index < -0.39 is 5.76 Å². The lowest BCUT2D eigenvalue weighted by molar-refractivity contribution is -0.0628. The zero-order valence-corrected chi connectivity index (χ0v) is 24.7. The average Bonchev–Trinajstić information content (AvgIpc) is 3.41. The molecule has 7 heteroatoms. The third kappa shape index (κ3) is 5.07. The van der Waals surface area contributed by atoms with Crippen LogP contribution in [0.15, 0.2) is 62.6 Å². The molecule has 0 saturated heterocycles. The molecule has 4 bridgehead atoms. The molecule has 0 radical (unpaired) electrons. The van der Waals surface area contributed by atoms with Crippen LogP contribution in [0, 0.1) is 30.1 Å². The summed E-state index contributed by atoms with van der Waals surface area (Å²) in [6.45, 7) is 5.00. The number of H-pyrrole nitrogens is 1. The smallest absolute Gasteiger partial charge is 0.296 e. The molecule has 2 heterocycles. The highest BCUT2D eigenvalue weighted by Crippen LogP contribution is 2.60. The van der Waals surface area contributed by atoms with Gasteiger partial charge in [0.2, 0.25) is 0 Å². The van der Waals surface area contributed by atoms with Gasteiger partial charge in [0.25, 0.3) is 5.56 Å². The van der Waals surface area contributed by atoms with Crippen LogP contribution in [0.4, 0.5) is 0 Å². The second-order valence-corrected chi connectivity index (χ2v) is 13.4. The minimum Gasteiger partial charge on any atom is -0.296 e. The summed E-state index contributed by atoms with van der Waals surface area (Å²) < 4.78 is 6.89. The fourth-order valence-corrected chi connectivity index (χ4v) is 8.81. The molecule has 2 aromatic carbocycles. The van der Waals surface area contributed by atoms with Crippen LogP contribution in [0.5, 0.6) is 0 Å². The van der Waals surface area contributed by atoms with Gasteiger partial charge in [0.05, 0.1) is 5.69 Å². The molecule has 42 heavy (non-hydrogen) atoms. The number of nitrogens with zero attached hydrogens (tertiary/aromatic N) is 3. The Bertz CT molecular complexity index is 1680. The molecule has 0 amide bonds. The van der Waals surface area contributed by atoms with Crippen molar-refractivity contribution >= 4 is 0 Å². The van der Waals surface area contributed by atoms with Crippen LogP contribution >= 0.6 is 0 Å². The minimum absolute atomic E-state index is 0.118. The number of hydrogen-bond donors (Lipinski definition) is 1. The molecular weight excluding hydrogens is 524 g/mol. The molecule has 1 N–H and O–H groups in total. The Balaban J connectivity index is 1.28. The van der Waals surface area contributed by atoms with Crippen molar-refractivity contribution in [2.24, 2.45) is 23.2 Å². The van der Waals surface area contributed by atoms with Crippen LogP contribution < -0.4 is 11.3 Å². The predicted molar refractivity (Wildman–Crippen MR) is 163 cm³/mol. The summed E-state index contributed by atoms with van der Waals surface area (Å²) in [5, 5.41) is 4.00. The lowest BCUT2D eigenvalue weighted by atomic mass is 9.49. The summed E-state index contributed by atoms with van der Waals surface area (Å²) >= 11 is 0. The number of unbranched alkanes of at least 4 members (excludes halogenated alkanes) is 1. The SMILES string of the molecule is CCCCc1nc(C)n(CC23CC4CC(CC(C4)C2)C3)c(=O)c1Cc1ccc(-c2ccccc2)c(-c2noc(=O)[nH]2)c1. The van der Waals surface area contributed by atoms with Crippen LogP contribution in [0.3, 0.4) is 0 Å². The number of aryl methyl sites for hydroxylation is 2. The van der Waals surface area contributed by atoms with Crippen molar-refractivity contribution in [3.8, 4) is 22.5 Å². The fraction of sp³-hybridized carbons (Fsp3) is 0.486. The lowest BCUT2D eigenvalue weighted by Crippen LogP contribution is -2.49. The molecular formula is C35H40N4O3. The van der Waals surface area contributed by atoms with Crippen molar-refractivity contribution in [1.82, 2.24) is 19.7 Å². The Hall–Kier alpha value is -3.74. The summed E-state index contributed by atoms with van der Waals surface area (Å²) in [6.07, 6.45) is 11.3. The Morgan fingerprint density at radius 1 is 0.976 bits per heavy atom. The lowest BCUT2D eigenvalue weighted by Gasteiger charge is -2.57. The van der Waals surface area contributed by atoms with Gasteiger partial charge in [0.1, 0.15) is 5.82 Å². The minimum atomic E-state index is -0.591. The Morgan fingerprint density at radius 2 is 1.69 bits per heavy atom. The number of benzene rings is 2. The summed E-state index contributed by atoms with van der Waals surface area (Å²) in [4.78, 5) is 34.1. The molecule has 0 aliphatic heterocycles. The maximum Gasteiger partial charge on any atom is 0.439 e. The third-order valence-corrected chi connectivity index (χ3v) is 10.2. The second kappa shape index (κ2) is 10.8. The largest absolute Gasteiger partial charge is 0.439 e. The molecule has 8 rings (SSSR count). The Morgan fingerprint density at radius 3 is 2.33 bits per heavy atom. The first kappa shape index (κ1) is 27.1. The van der Waals surface area contributed by atoms with Gasteiger partial charge in [-0.1, -0.05) is 61.0 Å². The maximum atomic E-state index is 14.4. The van der Waals surface area contributed by atoms with Gasteiger partial charge in [-0.25, -0.2) is 9.78 Å². The van der Waals surface area contributed by atoms with Crippen LogP contribution in [-0.2, 0) is 19.4 Å². The topological polar surface area (TPSA) is 93.8 Å². The first-order valence-corrected chi connectivity index (χ1v) is 15.7. The quantitative estimate of drug-likeness (QED) is 0.244. The van der Waals surface area contributed by atoms with E-state index in [4.69, 9.17) is 9.51 Å². The maximum absolute atomic E-state index is 14.4. The van der Waals surface area contributed by atoms with Gasteiger partial charge in [-0.05, 0) is 104 Å². The van der Waals surface area contributed by atoms with Crippen molar-refractivity contribution in [2.75, 3.05) is 0 Å². The summed E-state index contributed by atoms with van der Waals surface area (Å²) in [7, 11) is 0. The van der Waals surface area contributed by atoms with Crippen molar-refractivity contribution < 1.29 is 4.52 Å². The van der Waals surface area contributed by atoms with Gasteiger partial charge in [0.15, 0.2) is 5.82 Å². The van der Waals surface area contributed by atoms with Crippen LogP contribution in [0.1, 0.15) is 80.9 Å². The van der Waals surface area contributed by atoms with Gasteiger partial charge in [-0.15, -0.1) is 0 Å². The van der Waals surface area contributed by atoms with Crippen molar-refractivity contribution in [2.45, 2.75) is 84.6 Å². The van der Waals surface area contributed by atoms with Gasteiger partial charge >= 0.3 is 5.76 Å². The van der Waals surface area contributed by atoms with E-state index in [2.05, 4.69) is 23.1 Å². The van der Waals surface area contributed by atoms with Crippen LogP contribution in [0.25, 0.3) is 22.5 Å². The molecule has 4 aromatic rings. The molecule has 4 aliphatic carbocycles. The Kier molecular flexibility index (Phi) is 6.99. The summed E-state index contributed by atoms with van der Waals surface area (Å²) in [5.74, 6) is 3.17. The number of aromatic amines is 1. The molecule has 0 atom stereocenters. The number of aromatic nitrogens is 4. The van der Waals surface area contributed by atoms with Crippen LogP contribution in [0.2, 0.25) is 0 Å². The van der Waals surface area contributed by atoms with E-state index >= 15 is 0 Å². The molecule has 0 unspecified atom stereocenters. The zero-order chi connectivity index (χ0) is 28.8. The van der Waals surface area contributed by atoms with Gasteiger partial charge in [-0.2, -0.15) is 0 Å². The number of hydrogen-bond acceptors (Lipinski definition) is 5. The van der Waals surface area contributed by atoms with Crippen molar-refractivity contribution in [3.63, 3.8) is 0 Å². The van der Waals surface area contributed by atoms with E-state index in [9.17, 15) is 9.59 Å². The highest BCUT2D eigenvalue weighted by Gasteiger charge is 2.51. The first-order chi connectivity index (χ1) is 20.4. The monoisotopic (exact) mass is 564 g/mol. The summed E-state index contributed by atoms with van der Waals surface area (Å²) in [5.41, 5.74) is 5.79. The molecule has 218 valence electrons. The average molecular weight is 565 g/mol. The molecule has 4 fully saturated rings. The first-order valence-electron chi connectivity index (χ1n) is 15.7. The highest BCUT2D eigenvalue weighted by atomic mass is 16.5. The molecule has 4 saturated carbocycles. The van der Waals surface area contributed by atoms with E-state index in [0.717, 1.165) is 82.9 Å². The summed E-state index contributed by atoms with van der Waals surface area (Å²) in [6, 6.07) is 16.2. The Labute approximate surface area is 246 Å². The number of nitrogens with one attached hydrogen (secondary N) is 1. The van der Waals surface area contributed by atoms with E-state index in [1.54, 1.807) is 0 Å². The van der Waals surface area contributed by atoms with E-state index in [1.807, 2.05) is 54.0 Å². The number of rotatable bonds is 9. The van der Waals surface area contributed by atoms with Gasteiger partial charge in [0, 0.05) is 24.1 Å². The third-order valence-electron chi connectivity index (χ3n) is 10.2. The highest BCUT2D eigenvalue weighted by molar-refractivity contribution is 5.81. The van der Waals surface area contributed by atoms with Gasteiger partial charge in [-0.3, -0.25) is 18.9 Å². The van der Waals surface area contributed by atoms with Crippen molar-refractivity contribution in [3.05, 3.63) is 92.1 Å². The zero-order valence-electron chi connectivity index (χ0n) is 24.7. The predicted octanol–water partition coefficient (Wildman–Crippen LogP) is 6.71. The molecule has 4 aliphatic rings. The van der Waals surface area contributed by atoms with Gasteiger partial charge < -0.3 is 0 Å². The van der Waals surface area contributed by atoms with E-state index in [0.29, 0.717) is 12.2 Å².